The first-order chi connectivity index (χ1) is 20.7. The minimum absolute atomic E-state index is 0.196. The number of ether oxygens (including phenoxy) is 2. The van der Waals surface area contributed by atoms with Gasteiger partial charge in [0.1, 0.15) is 17.4 Å². The fourth-order valence-corrected chi connectivity index (χ4v) is 7.42. The third-order valence-electron chi connectivity index (χ3n) is 9.40. The lowest BCUT2D eigenvalue weighted by atomic mass is 9.66. The van der Waals surface area contributed by atoms with Crippen molar-refractivity contribution >= 4 is 29.1 Å². The molecule has 43 heavy (non-hydrogen) atoms. The molecule has 3 aliphatic heterocycles. The summed E-state index contributed by atoms with van der Waals surface area (Å²) < 4.78 is 12.1. The third kappa shape index (κ3) is 4.84. The number of fused-ring (bicyclic) bond motifs is 1. The first-order valence-electron chi connectivity index (χ1n) is 14.9. The molecular weight excluding hydrogens is 546 g/mol. The van der Waals surface area contributed by atoms with E-state index in [1.54, 1.807) is 53.3 Å². The van der Waals surface area contributed by atoms with Crippen LogP contribution in [0, 0.1) is 11.8 Å². The van der Waals surface area contributed by atoms with Crippen LogP contribution in [0.1, 0.15) is 33.1 Å². The van der Waals surface area contributed by atoms with Crippen LogP contribution >= 0.6 is 0 Å². The van der Waals surface area contributed by atoms with Crippen LogP contribution < -0.4 is 14.5 Å². The number of para-hydroxylation sites is 1. The van der Waals surface area contributed by atoms with E-state index in [1.165, 1.54) is 4.90 Å². The maximum atomic E-state index is 14.7. The van der Waals surface area contributed by atoms with Crippen LogP contribution in [0.4, 0.5) is 11.4 Å². The average molecular weight is 588 g/mol. The first kappa shape index (κ1) is 30.5. The zero-order valence-electron chi connectivity index (χ0n) is 25.1. The van der Waals surface area contributed by atoms with Gasteiger partial charge in [-0.15, -0.1) is 13.2 Å². The summed E-state index contributed by atoms with van der Waals surface area (Å²) >= 11 is 0. The molecule has 2 unspecified atom stereocenters. The van der Waals surface area contributed by atoms with Crippen molar-refractivity contribution in [2.75, 3.05) is 36.6 Å². The number of anilines is 2. The number of amides is 3. The molecule has 228 valence electrons. The van der Waals surface area contributed by atoms with Gasteiger partial charge in [-0.25, -0.2) is 0 Å². The number of hydrogen-bond donors (Lipinski definition) is 1. The molecule has 2 aromatic carbocycles. The lowest BCUT2D eigenvalue weighted by Gasteiger charge is -2.39. The molecule has 3 saturated heterocycles. The highest BCUT2D eigenvalue weighted by Gasteiger charge is 2.78. The summed E-state index contributed by atoms with van der Waals surface area (Å²) in [5.41, 5.74) is -0.863. The Morgan fingerprint density at radius 2 is 1.65 bits per heavy atom. The molecule has 0 radical (unpaired) electrons. The van der Waals surface area contributed by atoms with Gasteiger partial charge < -0.3 is 29.3 Å². The topological polar surface area (TPSA) is 99.6 Å². The quantitative estimate of drug-likeness (QED) is 0.378. The number of aliphatic hydroxyl groups excluding tert-OH is 1. The number of carbonyl (C=O) groups excluding carboxylic acids is 3. The largest absolute Gasteiger partial charge is 0.497 e. The van der Waals surface area contributed by atoms with E-state index in [0.717, 1.165) is 0 Å². The van der Waals surface area contributed by atoms with Crippen LogP contribution in [0.15, 0.2) is 79.9 Å². The minimum atomic E-state index is -1.23. The van der Waals surface area contributed by atoms with Crippen LogP contribution in [0.3, 0.4) is 0 Å². The van der Waals surface area contributed by atoms with Gasteiger partial charge in [-0.1, -0.05) is 37.3 Å². The highest BCUT2D eigenvalue weighted by molar-refractivity contribution is 6.07. The predicted octanol–water partition coefficient (Wildman–Crippen LogP) is 3.97. The van der Waals surface area contributed by atoms with Crippen molar-refractivity contribution in [3.63, 3.8) is 0 Å². The monoisotopic (exact) mass is 587 g/mol. The average Bonchev–Trinajstić information content (AvgIpc) is 3.60. The maximum absolute atomic E-state index is 14.7. The van der Waals surface area contributed by atoms with E-state index in [2.05, 4.69) is 13.2 Å². The molecule has 2 bridgehead atoms. The molecule has 6 atom stereocenters. The molecule has 3 fully saturated rings. The number of carbonyl (C=O) groups is 3. The van der Waals surface area contributed by atoms with E-state index in [9.17, 15) is 19.5 Å². The summed E-state index contributed by atoms with van der Waals surface area (Å²) in [4.78, 5) is 48.5. The summed E-state index contributed by atoms with van der Waals surface area (Å²) in [6.45, 7) is 11.6. The third-order valence-corrected chi connectivity index (χ3v) is 9.40. The smallest absolute Gasteiger partial charge is 0.253 e. The van der Waals surface area contributed by atoms with Gasteiger partial charge in [0, 0.05) is 24.5 Å². The number of benzene rings is 2. The van der Waals surface area contributed by atoms with Crippen molar-refractivity contribution in [1.29, 1.82) is 0 Å². The Hall–Kier alpha value is -3.95. The molecule has 9 nitrogen and oxygen atoms in total. The molecule has 0 saturated carbocycles. The summed E-state index contributed by atoms with van der Waals surface area (Å²) in [5.74, 6) is -1.97. The highest BCUT2D eigenvalue weighted by Crippen LogP contribution is 2.64. The lowest BCUT2D eigenvalue weighted by molar-refractivity contribution is -0.148. The summed E-state index contributed by atoms with van der Waals surface area (Å²) in [5, 5.41) is 10.4. The van der Waals surface area contributed by atoms with Crippen LogP contribution in [-0.2, 0) is 19.1 Å². The van der Waals surface area contributed by atoms with Gasteiger partial charge in [0.05, 0.1) is 37.2 Å². The molecule has 0 aromatic heterocycles. The Kier molecular flexibility index (Phi) is 8.49. The van der Waals surface area contributed by atoms with Crippen molar-refractivity contribution in [2.45, 2.75) is 56.4 Å². The summed E-state index contributed by atoms with van der Waals surface area (Å²) in [7, 11) is 1.57. The second-order valence-corrected chi connectivity index (χ2v) is 11.7. The van der Waals surface area contributed by atoms with Crippen molar-refractivity contribution < 1.29 is 29.0 Å². The molecule has 1 N–H and O–H groups in total. The second kappa shape index (κ2) is 12.0. The van der Waals surface area contributed by atoms with Gasteiger partial charge in [-0.05, 0) is 62.6 Å². The summed E-state index contributed by atoms with van der Waals surface area (Å²) in [6, 6.07) is 14.8. The van der Waals surface area contributed by atoms with E-state index in [-0.39, 0.29) is 37.4 Å². The van der Waals surface area contributed by atoms with Crippen LogP contribution in [-0.4, -0.2) is 77.8 Å². The van der Waals surface area contributed by atoms with Gasteiger partial charge in [-0.3, -0.25) is 14.4 Å². The molecular formula is C34H41N3O6. The van der Waals surface area contributed by atoms with Crippen LogP contribution in [0.25, 0.3) is 0 Å². The minimum Gasteiger partial charge on any atom is -0.497 e. The number of nitrogens with zero attached hydrogens (tertiary/aromatic N) is 3. The zero-order valence-corrected chi connectivity index (χ0v) is 25.1. The normalized spacial score (nSPS) is 27.9. The fraction of sp³-hybridized carbons (Fsp3) is 0.441. The SMILES string of the molecule is C=CCN(C(=O)C1N([C@@H](CC)CO)C(=O)[C@@H]2[C@@H](C(=O)N(CC=C)c3ccccc3)[C@@]3(C)CCC12O3)c1ccc(OC)cc1. The van der Waals surface area contributed by atoms with Crippen LogP contribution in [0.5, 0.6) is 5.75 Å². The number of rotatable bonds is 12. The lowest BCUT2D eigenvalue weighted by Crippen LogP contribution is -2.59. The van der Waals surface area contributed by atoms with E-state index >= 15 is 0 Å². The Balaban J connectivity index is 1.61. The number of methoxy groups -OCH3 is 1. The molecule has 1 spiro atoms. The Labute approximate surface area is 253 Å². The first-order valence-corrected chi connectivity index (χ1v) is 14.9. The van der Waals surface area contributed by atoms with Crippen molar-refractivity contribution in [2.24, 2.45) is 11.8 Å². The summed E-state index contributed by atoms with van der Waals surface area (Å²) in [6.07, 6.45) is 4.68. The molecule has 2 aromatic rings. The van der Waals surface area contributed by atoms with Gasteiger partial charge in [-0.2, -0.15) is 0 Å². The zero-order chi connectivity index (χ0) is 30.9. The number of aliphatic hydroxyl groups is 1. The van der Waals surface area contributed by atoms with E-state index in [4.69, 9.17) is 9.47 Å². The number of likely N-dealkylation sites (tertiary alicyclic amines) is 1. The van der Waals surface area contributed by atoms with E-state index in [0.29, 0.717) is 36.4 Å². The molecule has 0 aliphatic carbocycles. The maximum Gasteiger partial charge on any atom is 0.253 e. The van der Waals surface area contributed by atoms with Crippen molar-refractivity contribution in [3.05, 3.63) is 79.9 Å². The van der Waals surface area contributed by atoms with Gasteiger partial charge >= 0.3 is 0 Å². The predicted molar refractivity (Wildman–Crippen MR) is 165 cm³/mol. The van der Waals surface area contributed by atoms with E-state index in [1.807, 2.05) is 44.2 Å². The second-order valence-electron chi connectivity index (χ2n) is 11.7. The van der Waals surface area contributed by atoms with Crippen molar-refractivity contribution in [3.8, 4) is 5.75 Å². The Bertz CT molecular complexity index is 1380. The molecule has 3 amide bonds. The van der Waals surface area contributed by atoms with E-state index < -0.39 is 35.1 Å². The Morgan fingerprint density at radius 1 is 1.05 bits per heavy atom. The fourth-order valence-electron chi connectivity index (χ4n) is 7.42. The van der Waals surface area contributed by atoms with Crippen LogP contribution in [0.2, 0.25) is 0 Å². The molecule has 9 heteroatoms. The molecule has 3 heterocycles. The van der Waals surface area contributed by atoms with Gasteiger partial charge in [0.25, 0.3) is 5.91 Å². The van der Waals surface area contributed by atoms with Gasteiger partial charge in [0.15, 0.2) is 0 Å². The number of hydrogen-bond acceptors (Lipinski definition) is 6. The van der Waals surface area contributed by atoms with Gasteiger partial charge in [0.2, 0.25) is 11.8 Å². The molecule has 3 aliphatic rings. The highest BCUT2D eigenvalue weighted by atomic mass is 16.5. The molecule has 5 rings (SSSR count). The Morgan fingerprint density at radius 3 is 2.21 bits per heavy atom. The standard InChI is InChI=1S/C34H41N3O6/c1-6-20-35(24-12-10-9-11-13-24)30(39)27-28-31(40)37(23(8-3)22-38)29(34(28)19-18-33(27,4)43-34)32(41)36(21-7-2)25-14-16-26(42-5)17-15-25/h6-7,9-17,23,27-29,38H,1-2,8,18-22H2,3-5H3/t23-,27-,28-,29?,33+,34?/m0/s1. The van der Waals surface area contributed by atoms with Crippen molar-refractivity contribution in [1.82, 2.24) is 4.90 Å².